The molecule has 0 saturated heterocycles. The fraction of sp³-hybridized carbons (Fsp3) is 0.462. The molecule has 0 radical (unpaired) electrons. The molecule has 18 heavy (non-hydrogen) atoms. The van der Waals surface area contributed by atoms with Gasteiger partial charge in [0.15, 0.2) is 5.96 Å². The largest absolute Gasteiger partial charge is 0.495 e. The summed E-state index contributed by atoms with van der Waals surface area (Å²) in [6.07, 6.45) is 2.02. The summed E-state index contributed by atoms with van der Waals surface area (Å²) in [4.78, 5) is 4.37. The molecule has 0 aliphatic carbocycles. The molecule has 4 nitrogen and oxygen atoms in total. The summed E-state index contributed by atoms with van der Waals surface area (Å²) in [5.74, 6) is 1.83. The van der Waals surface area contributed by atoms with Gasteiger partial charge in [-0.15, -0.1) is 0 Å². The van der Waals surface area contributed by atoms with Crippen LogP contribution in [0.25, 0.3) is 0 Å². The van der Waals surface area contributed by atoms with Crippen LogP contribution in [0.2, 0.25) is 0 Å². The van der Waals surface area contributed by atoms with Crippen molar-refractivity contribution in [3.05, 3.63) is 28.2 Å². The lowest BCUT2D eigenvalue weighted by atomic mass is 10.1. The molecule has 2 N–H and O–H groups in total. The van der Waals surface area contributed by atoms with Crippen LogP contribution in [-0.2, 0) is 6.42 Å². The van der Waals surface area contributed by atoms with E-state index < -0.39 is 0 Å². The summed E-state index contributed by atoms with van der Waals surface area (Å²) in [6.45, 7) is 2.76. The minimum Gasteiger partial charge on any atom is -0.495 e. The lowest BCUT2D eigenvalue weighted by Crippen LogP contribution is -2.41. The van der Waals surface area contributed by atoms with E-state index in [4.69, 9.17) is 4.74 Å². The number of methoxy groups -OCH3 is 1. The molecule has 2 rings (SSSR count). The van der Waals surface area contributed by atoms with Gasteiger partial charge in [0.2, 0.25) is 0 Å². The smallest absolute Gasteiger partial charge is 0.191 e. The zero-order chi connectivity index (χ0) is 12.8. The monoisotopic (exact) mass is 311 g/mol. The number of para-hydroxylation sites is 1. The van der Waals surface area contributed by atoms with Crippen LogP contribution >= 0.6 is 15.9 Å². The van der Waals surface area contributed by atoms with Gasteiger partial charge in [-0.2, -0.15) is 0 Å². The molecule has 0 aromatic heterocycles. The van der Waals surface area contributed by atoms with E-state index in [0.29, 0.717) is 0 Å². The summed E-state index contributed by atoms with van der Waals surface area (Å²) in [5, 5.41) is 6.55. The van der Waals surface area contributed by atoms with Gasteiger partial charge in [-0.25, -0.2) is 0 Å². The highest BCUT2D eigenvalue weighted by molar-refractivity contribution is 9.10. The molecular formula is C13H18BrN3O. The molecule has 0 unspecified atom stereocenters. The van der Waals surface area contributed by atoms with Crippen LogP contribution in [0.15, 0.2) is 27.7 Å². The Balaban J connectivity index is 1.90. The summed E-state index contributed by atoms with van der Waals surface area (Å²) in [6, 6.07) is 6.10. The molecule has 0 atom stereocenters. The number of guanidine groups is 1. The van der Waals surface area contributed by atoms with Crippen molar-refractivity contribution in [3.8, 4) is 5.75 Å². The molecule has 1 aliphatic rings. The molecule has 0 fully saturated rings. The average molecular weight is 312 g/mol. The summed E-state index contributed by atoms with van der Waals surface area (Å²) in [5.41, 5.74) is 1.19. The Kier molecular flexibility index (Phi) is 4.87. The lowest BCUT2D eigenvalue weighted by Gasteiger charge is -2.16. The van der Waals surface area contributed by atoms with Crippen LogP contribution in [0.1, 0.15) is 12.0 Å². The summed E-state index contributed by atoms with van der Waals surface area (Å²) >= 11 is 3.49. The Morgan fingerprint density at radius 3 is 3.11 bits per heavy atom. The maximum absolute atomic E-state index is 5.40. The van der Waals surface area contributed by atoms with Crippen LogP contribution in [0.4, 0.5) is 0 Å². The highest BCUT2D eigenvalue weighted by atomic mass is 79.9. The lowest BCUT2D eigenvalue weighted by molar-refractivity contribution is 0.407. The summed E-state index contributed by atoms with van der Waals surface area (Å²) in [7, 11) is 1.70. The second-order valence-electron chi connectivity index (χ2n) is 4.12. The van der Waals surface area contributed by atoms with E-state index in [2.05, 4.69) is 37.6 Å². The van der Waals surface area contributed by atoms with Crippen LogP contribution < -0.4 is 15.4 Å². The van der Waals surface area contributed by atoms with Crippen molar-refractivity contribution in [2.24, 2.45) is 4.99 Å². The van der Waals surface area contributed by atoms with E-state index in [0.717, 1.165) is 48.7 Å². The van der Waals surface area contributed by atoms with Crippen molar-refractivity contribution in [1.82, 2.24) is 10.6 Å². The molecule has 1 aliphatic heterocycles. The van der Waals surface area contributed by atoms with Crippen molar-refractivity contribution in [2.75, 3.05) is 26.7 Å². The van der Waals surface area contributed by atoms with Crippen LogP contribution in [0, 0.1) is 0 Å². The first-order valence-electron chi connectivity index (χ1n) is 6.15. The number of halogens is 1. The van der Waals surface area contributed by atoms with Crippen molar-refractivity contribution in [2.45, 2.75) is 12.8 Å². The number of hydrogen-bond donors (Lipinski definition) is 2. The van der Waals surface area contributed by atoms with Gasteiger partial charge in [0, 0.05) is 19.6 Å². The fourth-order valence-electron chi connectivity index (χ4n) is 1.95. The third-order valence-corrected chi connectivity index (χ3v) is 3.46. The standard InChI is InChI=1S/C13H18BrN3O/c1-18-12-10(4-2-5-11(12)14)6-9-17-13-15-7-3-8-16-13/h2,4-5H,3,6-9H2,1H3,(H2,15,16,17). The number of rotatable bonds is 4. The second kappa shape index (κ2) is 6.64. The van der Waals surface area contributed by atoms with E-state index in [1.54, 1.807) is 7.11 Å². The van der Waals surface area contributed by atoms with Gasteiger partial charge in [0.05, 0.1) is 11.6 Å². The number of hydrogen-bond acceptors (Lipinski definition) is 4. The molecule has 0 saturated carbocycles. The number of ether oxygens (including phenoxy) is 1. The van der Waals surface area contributed by atoms with Gasteiger partial charge >= 0.3 is 0 Å². The van der Waals surface area contributed by atoms with E-state index in [9.17, 15) is 0 Å². The van der Waals surface area contributed by atoms with E-state index in [-0.39, 0.29) is 0 Å². The molecule has 0 amide bonds. The fourth-order valence-corrected chi connectivity index (χ4v) is 2.51. The van der Waals surface area contributed by atoms with E-state index in [1.165, 1.54) is 5.56 Å². The number of nitrogens with zero attached hydrogens (tertiary/aromatic N) is 1. The first-order chi connectivity index (χ1) is 8.81. The van der Waals surface area contributed by atoms with E-state index in [1.807, 2.05) is 12.1 Å². The normalized spacial score (nSPS) is 14.7. The van der Waals surface area contributed by atoms with E-state index >= 15 is 0 Å². The minimum absolute atomic E-state index is 0.846. The Hall–Kier alpha value is -1.23. The highest BCUT2D eigenvalue weighted by Gasteiger charge is 2.07. The maximum Gasteiger partial charge on any atom is 0.191 e. The number of aliphatic imine (C=N–C) groups is 1. The third-order valence-electron chi connectivity index (χ3n) is 2.84. The highest BCUT2D eigenvalue weighted by Crippen LogP contribution is 2.28. The Morgan fingerprint density at radius 2 is 2.39 bits per heavy atom. The van der Waals surface area contributed by atoms with Gasteiger partial charge in [-0.3, -0.25) is 4.99 Å². The van der Waals surface area contributed by atoms with Gasteiger partial charge in [-0.05, 0) is 40.4 Å². The quantitative estimate of drug-likeness (QED) is 0.893. The first kappa shape index (κ1) is 13.2. The van der Waals surface area contributed by atoms with Crippen LogP contribution in [0.3, 0.4) is 0 Å². The second-order valence-corrected chi connectivity index (χ2v) is 4.97. The van der Waals surface area contributed by atoms with Gasteiger partial charge in [0.25, 0.3) is 0 Å². The Bertz CT molecular complexity index is 434. The topological polar surface area (TPSA) is 45.6 Å². The molecule has 1 heterocycles. The Morgan fingerprint density at radius 1 is 1.50 bits per heavy atom. The van der Waals surface area contributed by atoms with Crippen LogP contribution in [-0.4, -0.2) is 32.7 Å². The van der Waals surface area contributed by atoms with Crippen molar-refractivity contribution in [3.63, 3.8) is 0 Å². The van der Waals surface area contributed by atoms with Gasteiger partial charge in [-0.1, -0.05) is 12.1 Å². The number of nitrogens with one attached hydrogen (secondary N) is 2. The van der Waals surface area contributed by atoms with Crippen molar-refractivity contribution in [1.29, 1.82) is 0 Å². The first-order valence-corrected chi connectivity index (χ1v) is 6.94. The zero-order valence-electron chi connectivity index (χ0n) is 10.5. The molecule has 0 bridgehead atoms. The Labute approximate surface area is 116 Å². The predicted octanol–water partition coefficient (Wildman–Crippen LogP) is 1.94. The summed E-state index contributed by atoms with van der Waals surface area (Å²) < 4.78 is 6.39. The molecular weight excluding hydrogens is 294 g/mol. The van der Waals surface area contributed by atoms with Gasteiger partial charge < -0.3 is 15.4 Å². The maximum atomic E-state index is 5.40. The predicted molar refractivity (Wildman–Crippen MR) is 77.3 cm³/mol. The van der Waals surface area contributed by atoms with Crippen molar-refractivity contribution >= 4 is 21.9 Å². The molecule has 1 aromatic rings. The van der Waals surface area contributed by atoms with Crippen molar-refractivity contribution < 1.29 is 4.74 Å². The zero-order valence-corrected chi connectivity index (χ0v) is 12.1. The van der Waals surface area contributed by atoms with Gasteiger partial charge in [0.1, 0.15) is 5.75 Å². The SMILES string of the molecule is COc1c(Br)cccc1CCNC1=NCCCN1. The minimum atomic E-state index is 0.846. The average Bonchev–Trinajstić information content (AvgIpc) is 2.40. The molecule has 1 aromatic carbocycles. The molecule has 5 heteroatoms. The van der Waals surface area contributed by atoms with Crippen LogP contribution in [0.5, 0.6) is 5.75 Å². The molecule has 98 valence electrons. The number of benzene rings is 1. The molecule has 0 spiro atoms. The third kappa shape index (κ3) is 3.38.